The number of fused-ring (bicyclic) bond motifs is 6. The molecule has 0 fully saturated rings. The Labute approximate surface area is 230 Å². The third kappa shape index (κ3) is 3.77. The first-order valence-corrected chi connectivity index (χ1v) is 13.3. The molecule has 186 valence electrons. The van der Waals surface area contributed by atoms with Crippen LogP contribution >= 0.6 is 0 Å². The summed E-state index contributed by atoms with van der Waals surface area (Å²) in [5, 5.41) is 9.72. The van der Waals surface area contributed by atoms with Gasteiger partial charge in [-0.05, 0) is 67.4 Å². The predicted molar refractivity (Wildman–Crippen MR) is 164 cm³/mol. The van der Waals surface area contributed by atoms with Crippen LogP contribution in [0.4, 0.5) is 0 Å². The summed E-state index contributed by atoms with van der Waals surface area (Å²) in [6, 6.07) is 42.8. The van der Waals surface area contributed by atoms with E-state index in [-0.39, 0.29) is 0 Å². The fraction of sp³-hybridized carbons (Fsp3) is 0. The fourth-order valence-electron chi connectivity index (χ4n) is 5.60. The second-order valence-electron chi connectivity index (χ2n) is 10.0. The van der Waals surface area contributed by atoms with Gasteiger partial charge < -0.3 is 0 Å². The van der Waals surface area contributed by atoms with Crippen LogP contribution in [0.25, 0.3) is 77.1 Å². The molecule has 2 heterocycles. The van der Waals surface area contributed by atoms with Gasteiger partial charge in [0.05, 0.1) is 11.4 Å². The lowest BCUT2D eigenvalue weighted by molar-refractivity contribution is 1.11. The van der Waals surface area contributed by atoms with E-state index < -0.39 is 0 Å². The minimum absolute atomic E-state index is 0.575. The molecule has 0 radical (unpaired) electrons. The maximum Gasteiger partial charge on any atom is 0.179 e. The molecule has 0 saturated carbocycles. The van der Waals surface area contributed by atoms with Crippen LogP contribution in [0, 0.1) is 0 Å². The van der Waals surface area contributed by atoms with Crippen LogP contribution in [0.3, 0.4) is 0 Å². The Bertz CT molecular complexity index is 2080. The monoisotopic (exact) mass is 510 g/mol. The summed E-state index contributed by atoms with van der Waals surface area (Å²) in [6.07, 6.45) is 3.26. The van der Waals surface area contributed by atoms with Crippen molar-refractivity contribution in [2.24, 2.45) is 0 Å². The van der Waals surface area contributed by atoms with E-state index >= 15 is 0 Å². The summed E-state index contributed by atoms with van der Waals surface area (Å²) in [4.78, 5) is 18.6. The molecule has 4 nitrogen and oxygen atoms in total. The molecule has 0 aliphatic heterocycles. The first-order chi connectivity index (χ1) is 19.8. The van der Waals surface area contributed by atoms with Gasteiger partial charge in [0.15, 0.2) is 5.82 Å². The molecule has 0 unspecified atom stereocenters. The van der Waals surface area contributed by atoms with Crippen molar-refractivity contribution in [2.75, 3.05) is 0 Å². The zero-order valence-corrected chi connectivity index (χ0v) is 21.5. The highest BCUT2D eigenvalue weighted by molar-refractivity contribution is 6.09. The minimum Gasteiger partial charge on any atom is -0.245 e. The van der Waals surface area contributed by atoms with Gasteiger partial charge in [-0.25, -0.2) is 19.9 Å². The van der Waals surface area contributed by atoms with Crippen LogP contribution in [0.5, 0.6) is 0 Å². The first kappa shape index (κ1) is 22.5. The second kappa shape index (κ2) is 9.07. The topological polar surface area (TPSA) is 51.6 Å². The van der Waals surface area contributed by atoms with Crippen LogP contribution in [-0.2, 0) is 0 Å². The Morgan fingerprint density at radius 2 is 0.900 bits per heavy atom. The van der Waals surface area contributed by atoms with E-state index in [9.17, 15) is 0 Å². The van der Waals surface area contributed by atoms with E-state index in [1.165, 1.54) is 49.4 Å². The van der Waals surface area contributed by atoms with Crippen molar-refractivity contribution < 1.29 is 0 Å². The number of aromatic nitrogens is 4. The van der Waals surface area contributed by atoms with Crippen LogP contribution in [0.15, 0.2) is 134 Å². The van der Waals surface area contributed by atoms with Gasteiger partial charge in [0.1, 0.15) is 12.0 Å². The quantitative estimate of drug-likeness (QED) is 0.223. The molecule has 2 aromatic heterocycles. The predicted octanol–water partition coefficient (Wildman–Crippen LogP) is 8.88. The molecule has 0 atom stereocenters. The van der Waals surface area contributed by atoms with Gasteiger partial charge in [-0.1, -0.05) is 97.1 Å². The number of rotatable bonds is 3. The van der Waals surface area contributed by atoms with E-state index in [2.05, 4.69) is 125 Å². The summed E-state index contributed by atoms with van der Waals surface area (Å²) in [5.41, 5.74) is 4.47. The number of hydrogen-bond acceptors (Lipinski definition) is 4. The Kier molecular flexibility index (Phi) is 5.10. The highest BCUT2D eigenvalue weighted by atomic mass is 14.9. The number of benzene rings is 6. The molecule has 0 N–H and O–H groups in total. The summed E-state index contributed by atoms with van der Waals surface area (Å²) in [6.45, 7) is 0. The van der Waals surface area contributed by atoms with Crippen molar-refractivity contribution in [2.45, 2.75) is 0 Å². The second-order valence-corrected chi connectivity index (χ2v) is 10.0. The Morgan fingerprint density at radius 3 is 1.43 bits per heavy atom. The maximum absolute atomic E-state index is 5.00. The van der Waals surface area contributed by atoms with E-state index in [1.807, 2.05) is 6.07 Å². The third-order valence-electron chi connectivity index (χ3n) is 7.62. The largest absolute Gasteiger partial charge is 0.245 e. The van der Waals surface area contributed by atoms with Gasteiger partial charge in [-0.2, -0.15) is 0 Å². The lowest BCUT2D eigenvalue weighted by Gasteiger charge is -2.11. The number of hydrogen-bond donors (Lipinski definition) is 0. The molecular weight excluding hydrogens is 488 g/mol. The zero-order chi connectivity index (χ0) is 26.5. The molecule has 0 saturated heterocycles. The molecule has 40 heavy (non-hydrogen) atoms. The van der Waals surface area contributed by atoms with Gasteiger partial charge in [0.25, 0.3) is 0 Å². The van der Waals surface area contributed by atoms with E-state index in [4.69, 9.17) is 9.97 Å². The Balaban J connectivity index is 1.36. The van der Waals surface area contributed by atoms with Crippen molar-refractivity contribution in [1.29, 1.82) is 0 Å². The van der Waals surface area contributed by atoms with Crippen LogP contribution < -0.4 is 0 Å². The van der Waals surface area contributed by atoms with Crippen LogP contribution in [-0.4, -0.2) is 19.9 Å². The van der Waals surface area contributed by atoms with Crippen molar-refractivity contribution in [3.63, 3.8) is 0 Å². The fourth-order valence-corrected chi connectivity index (χ4v) is 5.60. The molecule has 0 spiro atoms. The highest BCUT2D eigenvalue weighted by Crippen LogP contribution is 2.34. The van der Waals surface area contributed by atoms with Crippen LogP contribution in [0.1, 0.15) is 0 Å². The first-order valence-electron chi connectivity index (χ1n) is 13.3. The Hall–Kier alpha value is -5.48. The Morgan fingerprint density at radius 1 is 0.400 bits per heavy atom. The maximum atomic E-state index is 5.00. The molecule has 0 aliphatic carbocycles. The highest BCUT2D eigenvalue weighted by Gasteiger charge is 2.13. The smallest absolute Gasteiger partial charge is 0.179 e. The average molecular weight is 511 g/mol. The van der Waals surface area contributed by atoms with Crippen molar-refractivity contribution in [3.05, 3.63) is 134 Å². The summed E-state index contributed by atoms with van der Waals surface area (Å²) in [5.74, 6) is 0.575. The third-order valence-corrected chi connectivity index (χ3v) is 7.62. The van der Waals surface area contributed by atoms with E-state index in [0.29, 0.717) is 11.5 Å². The molecule has 8 rings (SSSR count). The molecule has 0 bridgehead atoms. The van der Waals surface area contributed by atoms with Crippen molar-refractivity contribution >= 4 is 43.1 Å². The summed E-state index contributed by atoms with van der Waals surface area (Å²) >= 11 is 0. The van der Waals surface area contributed by atoms with Gasteiger partial charge >= 0.3 is 0 Å². The molecular formula is C36H22N4. The van der Waals surface area contributed by atoms with Gasteiger partial charge in [-0.15, -0.1) is 0 Å². The molecule has 6 aromatic carbocycles. The number of nitrogens with zero attached hydrogens (tertiary/aromatic N) is 4. The van der Waals surface area contributed by atoms with Gasteiger partial charge in [0, 0.05) is 17.3 Å². The SMILES string of the molecule is c1ccc2c(c1)ccc1ccc(-c3cc(-c4ccc5ccc6ccccc6c5c4)nc(-c4ccncn4)n3)cc12. The minimum atomic E-state index is 0.575. The standard InChI is InChI=1S/C36H22N4/c1-3-7-29-23(5-1)9-11-25-13-15-27(19-31(25)29)34-21-35(40-36(39-34)33-17-18-37-22-38-33)28-16-14-26-12-10-24-6-2-4-8-30(24)32(26)20-28/h1-22H. The molecule has 8 aromatic rings. The van der Waals surface area contributed by atoms with E-state index in [0.717, 1.165) is 22.5 Å². The van der Waals surface area contributed by atoms with Crippen LogP contribution in [0.2, 0.25) is 0 Å². The lowest BCUT2D eigenvalue weighted by Crippen LogP contribution is -1.97. The zero-order valence-electron chi connectivity index (χ0n) is 21.5. The average Bonchev–Trinajstić information content (AvgIpc) is 3.04. The summed E-state index contributed by atoms with van der Waals surface area (Å²) < 4.78 is 0. The van der Waals surface area contributed by atoms with Gasteiger partial charge in [-0.3, -0.25) is 0 Å². The van der Waals surface area contributed by atoms with Crippen molar-refractivity contribution in [3.8, 4) is 34.0 Å². The molecule has 4 heteroatoms. The van der Waals surface area contributed by atoms with Gasteiger partial charge in [0.2, 0.25) is 0 Å². The summed E-state index contributed by atoms with van der Waals surface area (Å²) in [7, 11) is 0. The normalized spacial score (nSPS) is 11.5. The van der Waals surface area contributed by atoms with E-state index in [1.54, 1.807) is 6.20 Å². The molecule has 0 aliphatic rings. The van der Waals surface area contributed by atoms with Crippen molar-refractivity contribution in [1.82, 2.24) is 19.9 Å². The molecule has 0 amide bonds. The lowest BCUT2D eigenvalue weighted by atomic mass is 9.97.